The Morgan fingerprint density at radius 3 is 2.86 bits per heavy atom. The fourth-order valence-corrected chi connectivity index (χ4v) is 1.78. The molecule has 1 unspecified atom stereocenters. The van der Waals surface area contributed by atoms with Crippen molar-refractivity contribution >= 4 is 12.3 Å². The van der Waals surface area contributed by atoms with E-state index in [9.17, 15) is 9.59 Å². The van der Waals surface area contributed by atoms with Crippen molar-refractivity contribution in [3.63, 3.8) is 0 Å². The Kier molecular flexibility index (Phi) is 2.11. The van der Waals surface area contributed by atoms with Crippen LogP contribution in [0.2, 0.25) is 0 Å². The van der Waals surface area contributed by atoms with Crippen LogP contribution in [0.25, 0.3) is 0 Å². The monoisotopic (exact) mass is 193 g/mol. The first-order valence-corrected chi connectivity index (χ1v) is 4.51. The van der Waals surface area contributed by atoms with Gasteiger partial charge in [-0.15, -0.1) is 0 Å². The van der Waals surface area contributed by atoms with Crippen LogP contribution in [-0.2, 0) is 16.6 Å². The molecule has 0 aromatic carbocycles. The molecular weight excluding hydrogens is 182 g/mol. The molecule has 1 aliphatic rings. The van der Waals surface area contributed by atoms with Gasteiger partial charge in [0.05, 0.1) is 12.3 Å². The number of cyclic esters (lactones) is 1. The number of hydrogen-bond acceptors (Lipinski definition) is 3. The minimum Gasteiger partial charge on any atom is -0.465 e. The number of ether oxygens (including phenoxy) is 1. The third-order valence-electron chi connectivity index (χ3n) is 2.61. The van der Waals surface area contributed by atoms with E-state index in [4.69, 9.17) is 4.74 Å². The maximum atomic E-state index is 11.3. The summed E-state index contributed by atoms with van der Waals surface area (Å²) in [6.45, 7) is 0.477. The summed E-state index contributed by atoms with van der Waals surface area (Å²) in [6.07, 6.45) is 1.48. The maximum Gasteiger partial charge on any atom is 0.315 e. The Bertz CT molecular complexity index is 381. The van der Waals surface area contributed by atoms with Gasteiger partial charge in [0.15, 0.2) is 6.29 Å². The average Bonchev–Trinajstić information content (AvgIpc) is 2.72. The van der Waals surface area contributed by atoms with E-state index in [1.165, 1.54) is 0 Å². The van der Waals surface area contributed by atoms with E-state index >= 15 is 0 Å². The van der Waals surface area contributed by atoms with E-state index in [1.54, 1.807) is 23.7 Å². The summed E-state index contributed by atoms with van der Waals surface area (Å²) >= 11 is 0. The molecule has 0 spiro atoms. The molecule has 0 N–H and O–H groups in total. The van der Waals surface area contributed by atoms with Gasteiger partial charge in [-0.3, -0.25) is 9.59 Å². The van der Waals surface area contributed by atoms with Gasteiger partial charge in [0.1, 0.15) is 5.92 Å². The summed E-state index contributed by atoms with van der Waals surface area (Å²) in [7, 11) is 1.78. The van der Waals surface area contributed by atoms with Gasteiger partial charge in [0.2, 0.25) is 0 Å². The minimum absolute atomic E-state index is 0.191. The summed E-state index contributed by atoms with van der Waals surface area (Å²) in [5, 5.41) is 0. The lowest BCUT2D eigenvalue weighted by Crippen LogP contribution is -2.11. The lowest BCUT2D eigenvalue weighted by molar-refractivity contribution is -0.139. The van der Waals surface area contributed by atoms with Crippen molar-refractivity contribution in [1.82, 2.24) is 4.57 Å². The third kappa shape index (κ3) is 1.23. The third-order valence-corrected chi connectivity index (χ3v) is 2.61. The highest BCUT2D eigenvalue weighted by atomic mass is 16.5. The van der Waals surface area contributed by atoms with Crippen LogP contribution < -0.4 is 0 Å². The molecule has 1 fully saturated rings. The number of hydrogen-bond donors (Lipinski definition) is 0. The first-order chi connectivity index (χ1) is 6.74. The Hall–Kier alpha value is -1.58. The summed E-state index contributed by atoms with van der Waals surface area (Å²) in [5.74, 6) is -0.391. The molecule has 4 heteroatoms. The second-order valence-electron chi connectivity index (χ2n) is 3.37. The second kappa shape index (κ2) is 3.29. The van der Waals surface area contributed by atoms with Crippen LogP contribution in [0.15, 0.2) is 12.1 Å². The van der Waals surface area contributed by atoms with Gasteiger partial charge in [-0.25, -0.2) is 0 Å². The predicted octanol–water partition coefficient (Wildman–Crippen LogP) is 0.868. The number of carbonyl (C=O) groups is 2. The Labute approximate surface area is 81.5 Å². The SMILES string of the molecule is Cn1c(C=O)ccc1C1CCOC1=O. The van der Waals surface area contributed by atoms with E-state index in [0.717, 1.165) is 12.0 Å². The number of aldehydes is 1. The fourth-order valence-electron chi connectivity index (χ4n) is 1.78. The van der Waals surface area contributed by atoms with Gasteiger partial charge in [0, 0.05) is 19.2 Å². The van der Waals surface area contributed by atoms with E-state index in [-0.39, 0.29) is 11.9 Å². The number of nitrogens with zero attached hydrogens (tertiary/aromatic N) is 1. The summed E-state index contributed by atoms with van der Waals surface area (Å²) < 4.78 is 6.62. The average molecular weight is 193 g/mol. The Balaban J connectivity index is 2.36. The largest absolute Gasteiger partial charge is 0.465 e. The van der Waals surface area contributed by atoms with Crippen molar-refractivity contribution < 1.29 is 14.3 Å². The van der Waals surface area contributed by atoms with Crippen molar-refractivity contribution in [2.24, 2.45) is 7.05 Å². The molecule has 0 amide bonds. The highest BCUT2D eigenvalue weighted by Crippen LogP contribution is 2.27. The van der Waals surface area contributed by atoms with Crippen LogP contribution in [0.1, 0.15) is 28.5 Å². The van der Waals surface area contributed by atoms with Crippen molar-refractivity contribution in [3.8, 4) is 0 Å². The van der Waals surface area contributed by atoms with Crippen LogP contribution in [-0.4, -0.2) is 23.4 Å². The molecule has 2 heterocycles. The van der Waals surface area contributed by atoms with Crippen LogP contribution >= 0.6 is 0 Å². The van der Waals surface area contributed by atoms with Crippen LogP contribution in [0.4, 0.5) is 0 Å². The molecule has 4 nitrogen and oxygen atoms in total. The zero-order chi connectivity index (χ0) is 10.1. The predicted molar refractivity (Wildman–Crippen MR) is 49.1 cm³/mol. The highest BCUT2D eigenvalue weighted by Gasteiger charge is 2.30. The maximum absolute atomic E-state index is 11.3. The molecule has 1 atom stereocenters. The van der Waals surface area contributed by atoms with E-state index < -0.39 is 0 Å². The van der Waals surface area contributed by atoms with E-state index in [2.05, 4.69) is 0 Å². The molecular formula is C10H11NO3. The van der Waals surface area contributed by atoms with Crippen molar-refractivity contribution in [3.05, 3.63) is 23.5 Å². The smallest absolute Gasteiger partial charge is 0.315 e. The summed E-state index contributed by atoms with van der Waals surface area (Å²) in [4.78, 5) is 21.9. The molecule has 0 bridgehead atoms. The van der Waals surface area contributed by atoms with Crippen molar-refractivity contribution in [2.75, 3.05) is 6.61 Å². The molecule has 1 saturated heterocycles. The van der Waals surface area contributed by atoms with Gasteiger partial charge < -0.3 is 9.30 Å². The zero-order valence-corrected chi connectivity index (χ0v) is 7.90. The molecule has 0 aliphatic carbocycles. The highest BCUT2D eigenvalue weighted by molar-refractivity contribution is 5.80. The molecule has 2 rings (SSSR count). The molecule has 14 heavy (non-hydrogen) atoms. The first kappa shape index (κ1) is 8.99. The normalized spacial score (nSPS) is 20.9. The first-order valence-electron chi connectivity index (χ1n) is 4.51. The van der Waals surface area contributed by atoms with Crippen molar-refractivity contribution in [2.45, 2.75) is 12.3 Å². The fraction of sp³-hybridized carbons (Fsp3) is 0.400. The topological polar surface area (TPSA) is 48.3 Å². The molecule has 1 aromatic heterocycles. The number of rotatable bonds is 2. The molecule has 1 aromatic rings. The lowest BCUT2D eigenvalue weighted by atomic mass is 10.0. The quantitative estimate of drug-likeness (QED) is 0.517. The van der Waals surface area contributed by atoms with Gasteiger partial charge in [-0.05, 0) is 12.1 Å². The summed E-state index contributed by atoms with van der Waals surface area (Å²) in [6, 6.07) is 3.52. The van der Waals surface area contributed by atoms with Gasteiger partial charge >= 0.3 is 5.97 Å². The standard InChI is InChI=1S/C10H11NO3/c1-11-7(6-12)2-3-9(11)8-4-5-14-10(8)13/h2-3,6,8H,4-5H2,1H3. The van der Waals surface area contributed by atoms with Crippen LogP contribution in [0.3, 0.4) is 0 Å². The lowest BCUT2D eigenvalue weighted by Gasteiger charge is -2.07. The molecule has 0 radical (unpaired) electrons. The number of carbonyl (C=O) groups excluding carboxylic acids is 2. The Morgan fingerprint density at radius 2 is 2.36 bits per heavy atom. The van der Waals surface area contributed by atoms with Gasteiger partial charge in [0.25, 0.3) is 0 Å². The molecule has 74 valence electrons. The summed E-state index contributed by atoms with van der Waals surface area (Å²) in [5.41, 5.74) is 1.44. The minimum atomic E-state index is -0.200. The molecule has 0 saturated carbocycles. The van der Waals surface area contributed by atoms with Crippen LogP contribution in [0, 0.1) is 0 Å². The number of esters is 1. The van der Waals surface area contributed by atoms with Gasteiger partial charge in [-0.2, -0.15) is 0 Å². The Morgan fingerprint density at radius 1 is 1.57 bits per heavy atom. The zero-order valence-electron chi connectivity index (χ0n) is 7.90. The van der Waals surface area contributed by atoms with Crippen molar-refractivity contribution in [1.29, 1.82) is 0 Å². The van der Waals surface area contributed by atoms with Gasteiger partial charge in [-0.1, -0.05) is 0 Å². The van der Waals surface area contributed by atoms with E-state index in [0.29, 0.717) is 18.7 Å². The van der Waals surface area contributed by atoms with Crippen LogP contribution in [0.5, 0.6) is 0 Å². The second-order valence-corrected chi connectivity index (χ2v) is 3.37. The molecule has 1 aliphatic heterocycles. The van der Waals surface area contributed by atoms with E-state index in [1.807, 2.05) is 0 Å². The number of aromatic nitrogens is 1.